The zero-order chi connectivity index (χ0) is 8.97. The number of hydrogen-bond acceptors (Lipinski definition) is 4. The fourth-order valence-corrected chi connectivity index (χ4v) is 1.58. The average Bonchev–Trinajstić information content (AvgIpc) is 2.47. The molecule has 0 radical (unpaired) electrons. The summed E-state index contributed by atoms with van der Waals surface area (Å²) in [6.45, 7) is 0.174. The van der Waals surface area contributed by atoms with E-state index >= 15 is 0 Å². The van der Waals surface area contributed by atoms with Crippen LogP contribution >= 0.6 is 22.9 Å². The Bertz CT molecular complexity index is 274. The first-order chi connectivity index (χ1) is 5.72. The van der Waals surface area contributed by atoms with Crippen LogP contribution in [0.25, 0.3) is 0 Å². The van der Waals surface area contributed by atoms with E-state index in [0.29, 0.717) is 4.34 Å². The fraction of sp³-hybridized carbons (Fsp3) is 0.286. The van der Waals surface area contributed by atoms with Gasteiger partial charge in [0.1, 0.15) is 6.54 Å². The Balaban J connectivity index is 2.38. The second kappa shape index (κ2) is 4.33. The van der Waals surface area contributed by atoms with Gasteiger partial charge in [-0.05, 0) is 12.1 Å². The lowest BCUT2D eigenvalue weighted by molar-refractivity contribution is -0.138. The van der Waals surface area contributed by atoms with Crippen LogP contribution in [0.1, 0.15) is 0 Å². The van der Waals surface area contributed by atoms with E-state index < -0.39 is 0 Å². The fourth-order valence-electron chi connectivity index (χ4n) is 0.641. The SMILES string of the molecule is COC(=O)CNc1ccc(Cl)s1. The minimum atomic E-state index is -0.292. The lowest BCUT2D eigenvalue weighted by Gasteiger charge is -1.99. The topological polar surface area (TPSA) is 38.3 Å². The first-order valence-corrected chi connectivity index (χ1v) is 4.48. The highest BCUT2D eigenvalue weighted by Crippen LogP contribution is 2.25. The van der Waals surface area contributed by atoms with Gasteiger partial charge < -0.3 is 10.1 Å². The van der Waals surface area contributed by atoms with Crippen molar-refractivity contribution in [3.63, 3.8) is 0 Å². The van der Waals surface area contributed by atoms with E-state index in [0.717, 1.165) is 5.00 Å². The third-order valence-corrected chi connectivity index (χ3v) is 2.40. The van der Waals surface area contributed by atoms with Crippen molar-refractivity contribution in [2.75, 3.05) is 19.0 Å². The molecule has 0 aliphatic carbocycles. The quantitative estimate of drug-likeness (QED) is 0.767. The highest BCUT2D eigenvalue weighted by Gasteiger charge is 2.00. The van der Waals surface area contributed by atoms with Gasteiger partial charge in [-0.15, -0.1) is 11.3 Å². The molecular formula is C7H8ClNO2S. The van der Waals surface area contributed by atoms with Gasteiger partial charge in [-0.3, -0.25) is 4.79 Å². The Morgan fingerprint density at radius 1 is 1.75 bits per heavy atom. The molecule has 0 saturated carbocycles. The van der Waals surface area contributed by atoms with Crippen LogP contribution in [-0.2, 0) is 9.53 Å². The molecule has 5 heteroatoms. The van der Waals surface area contributed by atoms with E-state index in [1.54, 1.807) is 6.07 Å². The Morgan fingerprint density at radius 2 is 2.50 bits per heavy atom. The number of carbonyl (C=O) groups excluding carboxylic acids is 1. The lowest BCUT2D eigenvalue weighted by atomic mass is 10.6. The molecule has 0 aliphatic rings. The van der Waals surface area contributed by atoms with Crippen molar-refractivity contribution < 1.29 is 9.53 Å². The predicted molar refractivity (Wildman–Crippen MR) is 49.8 cm³/mol. The molecule has 0 unspecified atom stereocenters. The lowest BCUT2D eigenvalue weighted by Crippen LogP contribution is -2.14. The molecule has 0 spiro atoms. The largest absolute Gasteiger partial charge is 0.468 e. The van der Waals surface area contributed by atoms with Crippen LogP contribution in [0.2, 0.25) is 4.34 Å². The maximum absolute atomic E-state index is 10.7. The van der Waals surface area contributed by atoms with Crippen LogP contribution < -0.4 is 5.32 Å². The number of ether oxygens (including phenoxy) is 1. The molecule has 0 atom stereocenters. The predicted octanol–water partition coefficient (Wildman–Crippen LogP) is 1.99. The summed E-state index contributed by atoms with van der Waals surface area (Å²) in [4.78, 5) is 10.7. The summed E-state index contributed by atoms with van der Waals surface area (Å²) in [5.74, 6) is -0.292. The number of nitrogens with one attached hydrogen (secondary N) is 1. The molecule has 0 aromatic carbocycles. The Labute approximate surface area is 79.3 Å². The van der Waals surface area contributed by atoms with Crippen molar-refractivity contribution in [3.05, 3.63) is 16.5 Å². The van der Waals surface area contributed by atoms with E-state index in [-0.39, 0.29) is 12.5 Å². The van der Waals surface area contributed by atoms with E-state index in [9.17, 15) is 4.79 Å². The van der Waals surface area contributed by atoms with Crippen molar-refractivity contribution in [1.29, 1.82) is 0 Å². The smallest absolute Gasteiger partial charge is 0.325 e. The van der Waals surface area contributed by atoms with E-state index in [1.165, 1.54) is 18.4 Å². The number of methoxy groups -OCH3 is 1. The number of thiophene rings is 1. The number of esters is 1. The zero-order valence-corrected chi connectivity index (χ0v) is 8.04. The number of anilines is 1. The third kappa shape index (κ3) is 2.71. The summed E-state index contributed by atoms with van der Waals surface area (Å²) in [5.41, 5.74) is 0. The van der Waals surface area contributed by atoms with Crippen LogP contribution in [0, 0.1) is 0 Å². The molecule has 1 N–H and O–H groups in total. The number of rotatable bonds is 3. The summed E-state index contributed by atoms with van der Waals surface area (Å²) in [6, 6.07) is 3.59. The first kappa shape index (κ1) is 9.35. The second-order valence-corrected chi connectivity index (χ2v) is 3.75. The standard InChI is InChI=1S/C7H8ClNO2S/c1-11-7(10)4-9-6-3-2-5(8)12-6/h2-3,9H,4H2,1H3. The molecule has 1 heterocycles. The summed E-state index contributed by atoms with van der Waals surface area (Å²) in [5, 5.41) is 3.74. The van der Waals surface area contributed by atoms with E-state index in [2.05, 4.69) is 10.1 Å². The van der Waals surface area contributed by atoms with Crippen molar-refractivity contribution in [3.8, 4) is 0 Å². The number of carbonyl (C=O) groups is 1. The molecule has 0 saturated heterocycles. The molecule has 0 aliphatic heterocycles. The highest BCUT2D eigenvalue weighted by molar-refractivity contribution is 7.19. The Hall–Kier alpha value is -0.740. The van der Waals surface area contributed by atoms with Gasteiger partial charge in [0.05, 0.1) is 16.4 Å². The van der Waals surface area contributed by atoms with E-state index in [4.69, 9.17) is 11.6 Å². The summed E-state index contributed by atoms with van der Waals surface area (Å²) >= 11 is 7.06. The van der Waals surface area contributed by atoms with Crippen LogP contribution in [0.15, 0.2) is 12.1 Å². The van der Waals surface area contributed by atoms with Crippen LogP contribution in [0.5, 0.6) is 0 Å². The summed E-state index contributed by atoms with van der Waals surface area (Å²) in [6.07, 6.45) is 0. The van der Waals surface area contributed by atoms with Crippen molar-refractivity contribution in [1.82, 2.24) is 0 Å². The van der Waals surface area contributed by atoms with Crippen molar-refractivity contribution >= 4 is 33.9 Å². The maximum atomic E-state index is 10.7. The normalized spacial score (nSPS) is 9.50. The maximum Gasteiger partial charge on any atom is 0.325 e. The molecule has 66 valence electrons. The number of halogens is 1. The van der Waals surface area contributed by atoms with Gasteiger partial charge in [-0.25, -0.2) is 0 Å². The molecule has 1 rings (SSSR count). The van der Waals surface area contributed by atoms with Crippen LogP contribution in [0.4, 0.5) is 5.00 Å². The molecular weight excluding hydrogens is 198 g/mol. The molecule has 1 aromatic rings. The highest BCUT2D eigenvalue weighted by atomic mass is 35.5. The van der Waals surface area contributed by atoms with Gasteiger partial charge in [0.2, 0.25) is 0 Å². The van der Waals surface area contributed by atoms with Crippen LogP contribution in [0.3, 0.4) is 0 Å². The van der Waals surface area contributed by atoms with Gasteiger partial charge in [-0.2, -0.15) is 0 Å². The average molecular weight is 206 g/mol. The van der Waals surface area contributed by atoms with Gasteiger partial charge in [0.25, 0.3) is 0 Å². The molecule has 0 bridgehead atoms. The molecule has 12 heavy (non-hydrogen) atoms. The first-order valence-electron chi connectivity index (χ1n) is 3.28. The molecule has 3 nitrogen and oxygen atoms in total. The monoisotopic (exact) mass is 205 g/mol. The van der Waals surface area contributed by atoms with Gasteiger partial charge in [0.15, 0.2) is 0 Å². The number of hydrogen-bond donors (Lipinski definition) is 1. The Morgan fingerprint density at radius 3 is 3.00 bits per heavy atom. The third-order valence-electron chi connectivity index (χ3n) is 1.21. The van der Waals surface area contributed by atoms with E-state index in [1.807, 2.05) is 6.07 Å². The van der Waals surface area contributed by atoms with Crippen LogP contribution in [-0.4, -0.2) is 19.6 Å². The summed E-state index contributed by atoms with van der Waals surface area (Å²) in [7, 11) is 1.35. The minimum Gasteiger partial charge on any atom is -0.468 e. The summed E-state index contributed by atoms with van der Waals surface area (Å²) < 4.78 is 5.15. The second-order valence-electron chi connectivity index (χ2n) is 2.03. The molecule has 0 fully saturated rings. The van der Waals surface area contributed by atoms with Crippen molar-refractivity contribution in [2.24, 2.45) is 0 Å². The van der Waals surface area contributed by atoms with Gasteiger partial charge in [-0.1, -0.05) is 11.6 Å². The van der Waals surface area contributed by atoms with Gasteiger partial charge in [0, 0.05) is 0 Å². The Kier molecular flexibility index (Phi) is 3.37. The molecule has 0 amide bonds. The zero-order valence-electron chi connectivity index (χ0n) is 6.46. The molecule has 1 aromatic heterocycles. The minimum absolute atomic E-state index is 0.174. The van der Waals surface area contributed by atoms with Gasteiger partial charge >= 0.3 is 5.97 Å². The van der Waals surface area contributed by atoms with Crippen molar-refractivity contribution in [2.45, 2.75) is 0 Å².